The van der Waals surface area contributed by atoms with Gasteiger partial charge in [-0.25, -0.2) is 0 Å². The number of aryl methyl sites for hydroxylation is 1. The van der Waals surface area contributed by atoms with Crippen molar-refractivity contribution in [2.75, 3.05) is 5.32 Å². The Morgan fingerprint density at radius 2 is 1.75 bits per heavy atom. The van der Waals surface area contributed by atoms with E-state index in [1.807, 2.05) is 6.92 Å². The highest BCUT2D eigenvalue weighted by molar-refractivity contribution is 6.40. The van der Waals surface area contributed by atoms with E-state index in [0.29, 0.717) is 27.2 Å². The van der Waals surface area contributed by atoms with Crippen LogP contribution in [0.25, 0.3) is 0 Å². The molecule has 0 atom stereocenters. The molecule has 0 saturated carbocycles. The maximum absolute atomic E-state index is 12.2. The molecule has 0 aliphatic heterocycles. The lowest BCUT2D eigenvalue weighted by Crippen LogP contribution is -2.12. The van der Waals surface area contributed by atoms with E-state index in [-0.39, 0.29) is 5.91 Å². The van der Waals surface area contributed by atoms with Gasteiger partial charge in [-0.05, 0) is 36.2 Å². The number of benzene rings is 2. The van der Waals surface area contributed by atoms with Crippen LogP contribution in [-0.2, 0) is 5.88 Å². The van der Waals surface area contributed by atoms with Crippen molar-refractivity contribution in [2.24, 2.45) is 0 Å². The number of hydrogen-bond acceptors (Lipinski definition) is 1. The van der Waals surface area contributed by atoms with Gasteiger partial charge in [-0.1, -0.05) is 41.4 Å². The molecule has 0 heterocycles. The summed E-state index contributed by atoms with van der Waals surface area (Å²) in [6.07, 6.45) is 0. The minimum atomic E-state index is -0.263. The smallest absolute Gasteiger partial charge is 0.255 e. The Balaban J connectivity index is 2.25. The molecule has 0 aromatic heterocycles. The van der Waals surface area contributed by atoms with Gasteiger partial charge in [0.2, 0.25) is 0 Å². The Morgan fingerprint density at radius 3 is 2.35 bits per heavy atom. The highest BCUT2D eigenvalue weighted by atomic mass is 35.5. The van der Waals surface area contributed by atoms with Crippen molar-refractivity contribution >= 4 is 46.4 Å². The number of amides is 1. The molecule has 0 spiro atoms. The first kappa shape index (κ1) is 15.2. The van der Waals surface area contributed by atoms with Crippen molar-refractivity contribution in [1.29, 1.82) is 0 Å². The fraction of sp³-hybridized carbons (Fsp3) is 0.133. The lowest BCUT2D eigenvalue weighted by molar-refractivity contribution is 0.102. The molecule has 2 rings (SSSR count). The van der Waals surface area contributed by atoms with Crippen LogP contribution in [0.4, 0.5) is 5.69 Å². The summed E-state index contributed by atoms with van der Waals surface area (Å²) in [5.74, 6) is 0.151. The van der Waals surface area contributed by atoms with Gasteiger partial charge < -0.3 is 5.32 Å². The third-order valence-corrected chi connectivity index (χ3v) is 4.00. The van der Waals surface area contributed by atoms with E-state index in [2.05, 4.69) is 5.32 Å². The molecule has 5 heteroatoms. The van der Waals surface area contributed by atoms with Crippen LogP contribution in [0.2, 0.25) is 10.0 Å². The summed E-state index contributed by atoms with van der Waals surface area (Å²) in [7, 11) is 0. The van der Waals surface area contributed by atoms with Crippen LogP contribution in [0, 0.1) is 6.92 Å². The van der Waals surface area contributed by atoms with E-state index >= 15 is 0 Å². The SMILES string of the molecule is Cc1ccc(Cl)c(NC(=O)c2ccc(CCl)cc2)c1Cl. The summed E-state index contributed by atoms with van der Waals surface area (Å²) in [6, 6.07) is 10.5. The second-order valence-corrected chi connectivity index (χ2v) is 5.39. The van der Waals surface area contributed by atoms with Crippen LogP contribution in [0.1, 0.15) is 21.5 Å². The number of rotatable bonds is 3. The second kappa shape index (κ2) is 6.49. The third kappa shape index (κ3) is 3.26. The van der Waals surface area contributed by atoms with Crippen LogP contribution in [0.5, 0.6) is 0 Å². The predicted octanol–water partition coefficient (Wildman–Crippen LogP) is 5.29. The van der Waals surface area contributed by atoms with Crippen molar-refractivity contribution in [2.45, 2.75) is 12.8 Å². The fourth-order valence-corrected chi connectivity index (χ4v) is 2.35. The van der Waals surface area contributed by atoms with Crippen LogP contribution >= 0.6 is 34.8 Å². The minimum Gasteiger partial charge on any atom is -0.319 e. The van der Waals surface area contributed by atoms with E-state index in [9.17, 15) is 4.79 Å². The molecule has 1 amide bonds. The summed E-state index contributed by atoms with van der Waals surface area (Å²) < 4.78 is 0. The summed E-state index contributed by atoms with van der Waals surface area (Å²) in [6.45, 7) is 1.85. The molecule has 1 N–H and O–H groups in total. The van der Waals surface area contributed by atoms with Gasteiger partial charge in [0.15, 0.2) is 0 Å². The number of alkyl halides is 1. The lowest BCUT2D eigenvalue weighted by atomic mass is 10.1. The van der Waals surface area contributed by atoms with Gasteiger partial charge in [0, 0.05) is 11.4 Å². The fourth-order valence-electron chi connectivity index (χ4n) is 1.70. The molecular weight excluding hydrogens is 317 g/mol. The van der Waals surface area contributed by atoms with Gasteiger partial charge >= 0.3 is 0 Å². The molecule has 2 nitrogen and oxygen atoms in total. The molecule has 0 aliphatic carbocycles. The minimum absolute atomic E-state index is 0.263. The molecule has 0 unspecified atom stereocenters. The molecule has 0 radical (unpaired) electrons. The van der Waals surface area contributed by atoms with Gasteiger partial charge in [-0.3, -0.25) is 4.79 Å². The Hall–Kier alpha value is -1.22. The number of anilines is 1. The van der Waals surface area contributed by atoms with Crippen molar-refractivity contribution < 1.29 is 4.79 Å². The first-order valence-electron chi connectivity index (χ1n) is 5.93. The zero-order valence-electron chi connectivity index (χ0n) is 10.7. The lowest BCUT2D eigenvalue weighted by Gasteiger charge is -2.11. The molecule has 2 aromatic rings. The topological polar surface area (TPSA) is 29.1 Å². The molecule has 0 saturated heterocycles. The Kier molecular flexibility index (Phi) is 4.92. The monoisotopic (exact) mass is 327 g/mol. The third-order valence-electron chi connectivity index (χ3n) is 2.89. The number of carbonyl (C=O) groups excluding carboxylic acids is 1. The highest BCUT2D eigenvalue weighted by Gasteiger charge is 2.13. The molecule has 2 aromatic carbocycles. The first-order chi connectivity index (χ1) is 9.52. The van der Waals surface area contributed by atoms with Gasteiger partial charge in [0.25, 0.3) is 5.91 Å². The number of halogens is 3. The summed E-state index contributed by atoms with van der Waals surface area (Å²) in [4.78, 5) is 12.2. The number of carbonyl (C=O) groups is 1. The van der Waals surface area contributed by atoms with E-state index in [0.717, 1.165) is 11.1 Å². The van der Waals surface area contributed by atoms with E-state index in [1.54, 1.807) is 36.4 Å². The largest absolute Gasteiger partial charge is 0.319 e. The first-order valence-corrected chi connectivity index (χ1v) is 7.23. The maximum atomic E-state index is 12.2. The van der Waals surface area contributed by atoms with Crippen LogP contribution in [-0.4, -0.2) is 5.91 Å². The van der Waals surface area contributed by atoms with Crippen LogP contribution in [0.15, 0.2) is 36.4 Å². The number of nitrogens with one attached hydrogen (secondary N) is 1. The summed E-state index contributed by atoms with van der Waals surface area (Å²) in [5, 5.41) is 3.59. The van der Waals surface area contributed by atoms with E-state index in [1.165, 1.54) is 0 Å². The average molecular weight is 329 g/mol. The van der Waals surface area contributed by atoms with E-state index < -0.39 is 0 Å². The van der Waals surface area contributed by atoms with Crippen molar-refractivity contribution in [3.63, 3.8) is 0 Å². The molecule has 0 fully saturated rings. The molecular formula is C15H12Cl3NO. The van der Waals surface area contributed by atoms with Gasteiger partial charge in [-0.15, -0.1) is 11.6 Å². The van der Waals surface area contributed by atoms with Gasteiger partial charge in [-0.2, -0.15) is 0 Å². The maximum Gasteiger partial charge on any atom is 0.255 e. The van der Waals surface area contributed by atoms with Crippen molar-refractivity contribution in [1.82, 2.24) is 0 Å². The normalized spacial score (nSPS) is 10.4. The molecule has 0 bridgehead atoms. The zero-order valence-corrected chi connectivity index (χ0v) is 13.0. The average Bonchev–Trinajstić information content (AvgIpc) is 2.47. The molecule has 104 valence electrons. The van der Waals surface area contributed by atoms with Crippen LogP contribution < -0.4 is 5.32 Å². The van der Waals surface area contributed by atoms with Crippen molar-refractivity contribution in [3.8, 4) is 0 Å². The van der Waals surface area contributed by atoms with Gasteiger partial charge in [0.1, 0.15) is 0 Å². The standard InChI is InChI=1S/C15H12Cl3NO/c1-9-2-7-12(17)14(13(9)18)19-15(20)11-5-3-10(8-16)4-6-11/h2-7H,8H2,1H3,(H,19,20). The van der Waals surface area contributed by atoms with Crippen molar-refractivity contribution in [3.05, 3.63) is 63.1 Å². The quantitative estimate of drug-likeness (QED) is 0.762. The second-order valence-electron chi connectivity index (χ2n) is 4.34. The molecule has 20 heavy (non-hydrogen) atoms. The Bertz CT molecular complexity index is 638. The highest BCUT2D eigenvalue weighted by Crippen LogP contribution is 2.33. The van der Waals surface area contributed by atoms with Gasteiger partial charge in [0.05, 0.1) is 15.7 Å². The molecule has 0 aliphatic rings. The summed E-state index contributed by atoms with van der Waals surface area (Å²) >= 11 is 17.9. The van der Waals surface area contributed by atoms with E-state index in [4.69, 9.17) is 34.8 Å². The Labute approximate surface area is 132 Å². The number of hydrogen-bond donors (Lipinski definition) is 1. The van der Waals surface area contributed by atoms with Crippen LogP contribution in [0.3, 0.4) is 0 Å². The summed E-state index contributed by atoms with van der Waals surface area (Å²) in [5.41, 5.74) is 2.76. The zero-order chi connectivity index (χ0) is 14.7. The predicted molar refractivity (Wildman–Crippen MR) is 85.2 cm³/mol. The Morgan fingerprint density at radius 1 is 1.10 bits per heavy atom.